The minimum absolute atomic E-state index is 0.116. The zero-order chi connectivity index (χ0) is 20.2. The Morgan fingerprint density at radius 3 is 2.29 bits per heavy atom. The van der Waals surface area contributed by atoms with E-state index in [-0.39, 0.29) is 5.03 Å². The lowest BCUT2D eigenvalue weighted by Crippen LogP contribution is -2.48. The normalized spacial score (nSPS) is 16.2. The Kier molecular flexibility index (Phi) is 6.14. The summed E-state index contributed by atoms with van der Waals surface area (Å²) in [6, 6.07) is 5.17. The quantitative estimate of drug-likeness (QED) is 0.778. The number of nitrogens with one attached hydrogen (secondary N) is 1. The zero-order valence-corrected chi connectivity index (χ0v) is 17.5. The van der Waals surface area contributed by atoms with E-state index >= 15 is 0 Å². The van der Waals surface area contributed by atoms with Gasteiger partial charge in [-0.15, -0.1) is 0 Å². The van der Waals surface area contributed by atoms with Gasteiger partial charge in [0.2, 0.25) is 5.95 Å². The molecule has 1 aliphatic heterocycles. The fraction of sp³-hybridized carbons (Fsp3) is 0.526. The number of anilines is 2. The van der Waals surface area contributed by atoms with E-state index in [2.05, 4.69) is 30.1 Å². The molecule has 0 bridgehead atoms. The number of sulfone groups is 1. The molecule has 0 saturated carbocycles. The third-order valence-electron chi connectivity index (χ3n) is 4.78. The fourth-order valence-electron chi connectivity index (χ4n) is 2.94. The Bertz CT molecular complexity index is 858. The van der Waals surface area contributed by atoms with Crippen LogP contribution in [0.1, 0.15) is 20.8 Å². The summed E-state index contributed by atoms with van der Waals surface area (Å²) >= 11 is 0. The Morgan fingerprint density at radius 1 is 1.04 bits per heavy atom. The second-order valence-electron chi connectivity index (χ2n) is 7.81. The van der Waals surface area contributed by atoms with Crippen molar-refractivity contribution in [1.29, 1.82) is 0 Å². The molecule has 0 amide bonds. The van der Waals surface area contributed by atoms with Crippen LogP contribution in [0.25, 0.3) is 0 Å². The van der Waals surface area contributed by atoms with Crippen LogP contribution in [0.15, 0.2) is 41.8 Å². The maximum absolute atomic E-state index is 12.4. The monoisotopic (exact) mass is 404 g/mol. The van der Waals surface area contributed by atoms with Crippen molar-refractivity contribution < 1.29 is 8.42 Å². The molecular formula is C19H28N6O2S. The maximum atomic E-state index is 12.4. The summed E-state index contributed by atoms with van der Waals surface area (Å²) in [6.45, 7) is 10.5. The van der Waals surface area contributed by atoms with Crippen LogP contribution in [-0.2, 0) is 9.84 Å². The third kappa shape index (κ3) is 4.77. The van der Waals surface area contributed by atoms with Crippen LogP contribution in [0.2, 0.25) is 0 Å². The molecule has 3 heterocycles. The van der Waals surface area contributed by atoms with Crippen molar-refractivity contribution >= 4 is 21.5 Å². The molecule has 152 valence electrons. The number of aromatic nitrogens is 3. The topological polar surface area (TPSA) is 91.3 Å². The lowest BCUT2D eigenvalue weighted by Gasteiger charge is -2.34. The van der Waals surface area contributed by atoms with Crippen LogP contribution < -0.4 is 10.2 Å². The first-order valence-corrected chi connectivity index (χ1v) is 10.9. The summed E-state index contributed by atoms with van der Waals surface area (Å²) < 4.78 is 24.0. The van der Waals surface area contributed by atoms with Crippen molar-refractivity contribution in [3.05, 3.63) is 36.8 Å². The second kappa shape index (κ2) is 8.40. The van der Waals surface area contributed by atoms with Gasteiger partial charge in [-0.3, -0.25) is 4.90 Å². The molecule has 1 N–H and O–H groups in total. The standard InChI is InChI=1S/C19H28N6O2S/c1-19(2,3)28(26,27)17-6-5-16(15-23-17)20-9-10-24-11-13-25(14-12-24)18-21-7-4-8-22-18/h4-8,15,20H,9-14H2,1-3H3. The summed E-state index contributed by atoms with van der Waals surface area (Å²) in [5, 5.41) is 3.43. The average molecular weight is 405 g/mol. The van der Waals surface area contributed by atoms with E-state index in [9.17, 15) is 8.42 Å². The molecule has 2 aromatic heterocycles. The first kappa shape index (κ1) is 20.5. The summed E-state index contributed by atoms with van der Waals surface area (Å²) in [4.78, 5) is 17.3. The van der Waals surface area contributed by atoms with Gasteiger partial charge in [-0.25, -0.2) is 23.4 Å². The summed E-state index contributed by atoms with van der Waals surface area (Å²) in [7, 11) is -3.42. The lowest BCUT2D eigenvalue weighted by molar-refractivity contribution is 0.266. The molecule has 0 unspecified atom stereocenters. The molecule has 8 nitrogen and oxygen atoms in total. The van der Waals surface area contributed by atoms with Gasteiger partial charge in [0, 0.05) is 51.7 Å². The van der Waals surface area contributed by atoms with Crippen LogP contribution in [0.3, 0.4) is 0 Å². The van der Waals surface area contributed by atoms with Crippen molar-refractivity contribution in [2.75, 3.05) is 49.5 Å². The Hall–Kier alpha value is -2.26. The molecule has 0 aliphatic carbocycles. The van der Waals surface area contributed by atoms with Crippen LogP contribution in [0.5, 0.6) is 0 Å². The van der Waals surface area contributed by atoms with Gasteiger partial charge in [0.25, 0.3) is 0 Å². The minimum Gasteiger partial charge on any atom is -0.383 e. The first-order valence-electron chi connectivity index (χ1n) is 9.46. The highest BCUT2D eigenvalue weighted by molar-refractivity contribution is 7.92. The van der Waals surface area contributed by atoms with Gasteiger partial charge in [0.05, 0.1) is 16.6 Å². The highest BCUT2D eigenvalue weighted by atomic mass is 32.2. The van der Waals surface area contributed by atoms with E-state index in [1.807, 2.05) is 6.07 Å². The molecule has 1 aliphatic rings. The van der Waals surface area contributed by atoms with Gasteiger partial charge >= 0.3 is 0 Å². The number of nitrogens with zero attached hydrogens (tertiary/aromatic N) is 5. The molecule has 3 rings (SSSR count). The molecule has 1 saturated heterocycles. The molecule has 0 radical (unpaired) electrons. The van der Waals surface area contributed by atoms with Crippen molar-refractivity contribution in [2.45, 2.75) is 30.5 Å². The minimum atomic E-state index is -3.42. The molecule has 0 aromatic carbocycles. The third-order valence-corrected chi connectivity index (χ3v) is 7.19. The smallest absolute Gasteiger partial charge is 0.225 e. The molecular weight excluding hydrogens is 376 g/mol. The van der Waals surface area contributed by atoms with Crippen LogP contribution in [-0.4, -0.2) is 72.3 Å². The predicted molar refractivity (Wildman–Crippen MR) is 110 cm³/mol. The highest BCUT2D eigenvalue weighted by Crippen LogP contribution is 2.23. The summed E-state index contributed by atoms with van der Waals surface area (Å²) in [5.41, 5.74) is 0.823. The van der Waals surface area contributed by atoms with Crippen molar-refractivity contribution in [1.82, 2.24) is 19.9 Å². The molecule has 1 fully saturated rings. The van der Waals surface area contributed by atoms with Crippen molar-refractivity contribution in [3.8, 4) is 0 Å². The predicted octanol–water partition coefficient (Wildman–Crippen LogP) is 1.68. The lowest BCUT2D eigenvalue weighted by atomic mass is 10.3. The number of hydrogen-bond acceptors (Lipinski definition) is 8. The Balaban J connectivity index is 1.45. The van der Waals surface area contributed by atoms with E-state index in [0.717, 1.165) is 50.9 Å². The van der Waals surface area contributed by atoms with E-state index in [4.69, 9.17) is 0 Å². The number of piperazine rings is 1. The summed E-state index contributed by atoms with van der Waals surface area (Å²) in [5.74, 6) is 0.789. The van der Waals surface area contributed by atoms with E-state index in [0.29, 0.717) is 0 Å². The van der Waals surface area contributed by atoms with E-state index < -0.39 is 14.6 Å². The molecule has 2 aromatic rings. The average Bonchev–Trinajstić information content (AvgIpc) is 2.69. The van der Waals surface area contributed by atoms with E-state index in [1.165, 1.54) is 0 Å². The van der Waals surface area contributed by atoms with Crippen LogP contribution in [0.4, 0.5) is 11.6 Å². The molecule has 0 spiro atoms. The van der Waals surface area contributed by atoms with Crippen LogP contribution >= 0.6 is 0 Å². The second-order valence-corrected chi connectivity index (χ2v) is 10.5. The highest BCUT2D eigenvalue weighted by Gasteiger charge is 2.31. The number of pyridine rings is 1. The van der Waals surface area contributed by atoms with Gasteiger partial charge in [-0.1, -0.05) is 0 Å². The van der Waals surface area contributed by atoms with Gasteiger partial charge in [0.1, 0.15) is 0 Å². The number of rotatable bonds is 6. The Morgan fingerprint density at radius 2 is 1.71 bits per heavy atom. The van der Waals surface area contributed by atoms with Gasteiger partial charge in [-0.05, 0) is 39.0 Å². The zero-order valence-electron chi connectivity index (χ0n) is 16.7. The molecule has 9 heteroatoms. The SMILES string of the molecule is CC(C)(C)S(=O)(=O)c1ccc(NCCN2CCN(c3ncccn3)CC2)cn1. The summed E-state index contributed by atoms with van der Waals surface area (Å²) in [6.07, 6.45) is 5.12. The fourth-order valence-corrected chi connectivity index (χ4v) is 4.01. The van der Waals surface area contributed by atoms with Crippen molar-refractivity contribution in [2.24, 2.45) is 0 Å². The van der Waals surface area contributed by atoms with Gasteiger partial charge < -0.3 is 10.2 Å². The van der Waals surface area contributed by atoms with Gasteiger partial charge in [-0.2, -0.15) is 0 Å². The van der Waals surface area contributed by atoms with Crippen LogP contribution in [0, 0.1) is 0 Å². The number of hydrogen-bond donors (Lipinski definition) is 1. The maximum Gasteiger partial charge on any atom is 0.225 e. The molecule has 28 heavy (non-hydrogen) atoms. The van der Waals surface area contributed by atoms with Gasteiger partial charge in [0.15, 0.2) is 14.9 Å². The largest absolute Gasteiger partial charge is 0.383 e. The first-order chi connectivity index (χ1) is 13.3. The Labute approximate surface area is 166 Å². The van der Waals surface area contributed by atoms with E-state index in [1.54, 1.807) is 51.5 Å². The molecule has 0 atom stereocenters. The van der Waals surface area contributed by atoms with Crippen molar-refractivity contribution in [3.63, 3.8) is 0 Å².